The van der Waals surface area contributed by atoms with Crippen molar-refractivity contribution in [3.05, 3.63) is 28.8 Å². The van der Waals surface area contributed by atoms with Gasteiger partial charge in [-0.15, -0.1) is 0 Å². The number of rotatable bonds is 2. The molecule has 0 saturated heterocycles. The van der Waals surface area contributed by atoms with Gasteiger partial charge in [-0.1, -0.05) is 0 Å². The number of hydrogen-bond donors (Lipinski definition) is 0. The van der Waals surface area contributed by atoms with Crippen LogP contribution in [0.25, 0.3) is 0 Å². The number of carbonyl (C=O) groups excluding carboxylic acids is 1. The number of esters is 1. The lowest BCUT2D eigenvalue weighted by atomic mass is 10.0. The Morgan fingerprint density at radius 1 is 1.39 bits per heavy atom. The maximum atomic E-state index is 13.1. The van der Waals surface area contributed by atoms with Crippen LogP contribution < -0.4 is 0 Å². The molecule has 1 heterocycles. The average Bonchev–Trinajstić information content (AvgIpc) is 2.25. The summed E-state index contributed by atoms with van der Waals surface area (Å²) in [6, 6.07) is 0. The molecule has 9 heteroatoms. The minimum Gasteiger partial charge on any atom is -0.465 e. The monoisotopic (exact) mass is 273 g/mol. The molecule has 0 radical (unpaired) electrons. The first-order valence-corrected chi connectivity index (χ1v) is 4.32. The van der Waals surface area contributed by atoms with Crippen molar-refractivity contribution in [2.75, 3.05) is 7.11 Å². The maximum absolute atomic E-state index is 13.1. The van der Waals surface area contributed by atoms with Crippen LogP contribution >= 0.6 is 0 Å². The number of methoxy groups -OCH3 is 1. The molecule has 0 aromatic carbocycles. The summed E-state index contributed by atoms with van der Waals surface area (Å²) in [4.78, 5) is 13.7. The normalized spacial score (nSPS) is 11.8. The Kier molecular flexibility index (Phi) is 3.82. The van der Waals surface area contributed by atoms with Gasteiger partial charge in [0.2, 0.25) is 5.95 Å². The Morgan fingerprint density at radius 3 is 2.33 bits per heavy atom. The van der Waals surface area contributed by atoms with E-state index in [1.54, 1.807) is 0 Å². The number of pyridine rings is 1. The van der Waals surface area contributed by atoms with Gasteiger partial charge in [0, 0.05) is 6.20 Å². The summed E-state index contributed by atoms with van der Waals surface area (Å²) in [6.45, 7) is 0. The number of carbonyl (C=O) groups is 1. The largest absolute Gasteiger partial charge is 0.465 e. The molecule has 0 spiro atoms. The van der Waals surface area contributed by atoms with Crippen LogP contribution in [0, 0.1) is 5.95 Å². The minimum absolute atomic E-state index is 0.0940. The predicted octanol–water partition coefficient (Wildman–Crippen LogP) is 2.96. The number of aromatic nitrogens is 1. The Labute approximate surface area is 96.4 Å². The fraction of sp³-hybridized carbons (Fsp3) is 0.333. The van der Waals surface area contributed by atoms with Crippen LogP contribution in [0.5, 0.6) is 0 Å². The second kappa shape index (κ2) is 4.83. The third-order valence-electron chi connectivity index (χ3n) is 1.99. The van der Waals surface area contributed by atoms with Crippen molar-refractivity contribution in [3.63, 3.8) is 0 Å². The van der Waals surface area contributed by atoms with E-state index >= 15 is 0 Å². The third-order valence-corrected chi connectivity index (χ3v) is 1.99. The molecular weight excluding hydrogens is 268 g/mol. The van der Waals surface area contributed by atoms with Crippen molar-refractivity contribution < 1.29 is 35.9 Å². The van der Waals surface area contributed by atoms with Gasteiger partial charge in [0.1, 0.15) is 5.56 Å². The van der Waals surface area contributed by atoms with Crippen LogP contribution in [0.1, 0.15) is 27.9 Å². The number of hydrogen-bond acceptors (Lipinski definition) is 3. The Morgan fingerprint density at radius 2 is 1.94 bits per heavy atom. The molecule has 0 saturated carbocycles. The molecule has 0 N–H and O–H groups in total. The summed E-state index contributed by atoms with van der Waals surface area (Å²) < 4.78 is 79.6. The molecule has 0 bridgehead atoms. The maximum Gasteiger partial charge on any atom is 0.418 e. The molecule has 0 aliphatic heterocycles. The van der Waals surface area contributed by atoms with E-state index < -0.39 is 41.2 Å². The second-order valence-electron chi connectivity index (χ2n) is 3.04. The smallest absolute Gasteiger partial charge is 0.418 e. The topological polar surface area (TPSA) is 39.2 Å². The van der Waals surface area contributed by atoms with Crippen LogP contribution in [-0.2, 0) is 10.9 Å². The van der Waals surface area contributed by atoms with Gasteiger partial charge in [-0.3, -0.25) is 0 Å². The van der Waals surface area contributed by atoms with Gasteiger partial charge in [0.15, 0.2) is 0 Å². The molecule has 0 amide bonds. The molecule has 1 aromatic rings. The highest BCUT2D eigenvalue weighted by Gasteiger charge is 2.40. The number of nitrogens with zero attached hydrogens (tertiary/aromatic N) is 1. The van der Waals surface area contributed by atoms with Gasteiger partial charge in [-0.05, 0) is 0 Å². The van der Waals surface area contributed by atoms with Crippen molar-refractivity contribution >= 4 is 5.97 Å². The van der Waals surface area contributed by atoms with Crippen molar-refractivity contribution in [1.29, 1.82) is 0 Å². The molecule has 1 rings (SSSR count). The Hall–Kier alpha value is -1.80. The minimum atomic E-state index is -5.19. The van der Waals surface area contributed by atoms with Gasteiger partial charge in [-0.2, -0.15) is 17.6 Å². The van der Waals surface area contributed by atoms with Crippen LogP contribution in [0.2, 0.25) is 0 Å². The van der Waals surface area contributed by atoms with E-state index in [0.29, 0.717) is 0 Å². The summed E-state index contributed by atoms with van der Waals surface area (Å²) in [6.07, 6.45) is -8.98. The summed E-state index contributed by atoms with van der Waals surface area (Å²) in [5.74, 6) is -3.40. The zero-order valence-electron chi connectivity index (χ0n) is 8.69. The first kappa shape index (κ1) is 14.3. The predicted molar refractivity (Wildman–Crippen MR) is 45.5 cm³/mol. The quantitative estimate of drug-likeness (QED) is 0.472. The van der Waals surface area contributed by atoms with Gasteiger partial charge in [-0.25, -0.2) is 18.6 Å². The van der Waals surface area contributed by atoms with Crippen LogP contribution in [-0.4, -0.2) is 18.1 Å². The first-order valence-electron chi connectivity index (χ1n) is 4.32. The van der Waals surface area contributed by atoms with Gasteiger partial charge in [0.05, 0.1) is 18.2 Å². The molecule has 0 aliphatic carbocycles. The van der Waals surface area contributed by atoms with Gasteiger partial charge in [0.25, 0.3) is 6.43 Å². The molecule has 0 fully saturated rings. The summed E-state index contributed by atoms with van der Waals surface area (Å²) in [5, 5.41) is 0. The van der Waals surface area contributed by atoms with Crippen LogP contribution in [0.4, 0.5) is 26.3 Å². The highest BCUT2D eigenvalue weighted by atomic mass is 19.4. The molecule has 0 atom stereocenters. The molecule has 100 valence electrons. The van der Waals surface area contributed by atoms with Crippen molar-refractivity contribution in [3.8, 4) is 0 Å². The Balaban J connectivity index is 3.64. The summed E-state index contributed by atoms with van der Waals surface area (Å²) in [5.41, 5.74) is -5.16. The van der Waals surface area contributed by atoms with Crippen molar-refractivity contribution in [1.82, 2.24) is 4.98 Å². The van der Waals surface area contributed by atoms with Gasteiger partial charge >= 0.3 is 12.1 Å². The summed E-state index contributed by atoms with van der Waals surface area (Å²) >= 11 is 0. The zero-order chi connectivity index (χ0) is 14.1. The van der Waals surface area contributed by atoms with E-state index in [-0.39, 0.29) is 6.20 Å². The lowest BCUT2D eigenvalue weighted by Gasteiger charge is -2.14. The highest BCUT2D eigenvalue weighted by Crippen LogP contribution is 2.38. The highest BCUT2D eigenvalue weighted by molar-refractivity contribution is 5.91. The molecule has 1 aromatic heterocycles. The fourth-order valence-electron chi connectivity index (χ4n) is 1.25. The number of halogens is 6. The lowest BCUT2D eigenvalue weighted by Crippen LogP contribution is -2.18. The average molecular weight is 273 g/mol. The van der Waals surface area contributed by atoms with E-state index in [1.807, 2.05) is 0 Å². The standard InChI is InChI=1S/C9H5F6NO2/c1-18-8(17)5-4(6(10)11)3(9(13,14)15)2-16-7(5)12/h2,6H,1H3. The molecular formula is C9H5F6NO2. The number of ether oxygens (including phenoxy) is 1. The molecule has 0 aliphatic rings. The van der Waals surface area contributed by atoms with Crippen molar-refractivity contribution in [2.24, 2.45) is 0 Å². The lowest BCUT2D eigenvalue weighted by molar-refractivity contribution is -0.139. The van der Waals surface area contributed by atoms with E-state index in [2.05, 4.69) is 9.72 Å². The van der Waals surface area contributed by atoms with E-state index in [1.165, 1.54) is 0 Å². The fourth-order valence-corrected chi connectivity index (χ4v) is 1.25. The van der Waals surface area contributed by atoms with Crippen LogP contribution in [0.15, 0.2) is 6.20 Å². The number of alkyl halides is 5. The third kappa shape index (κ3) is 2.54. The zero-order valence-corrected chi connectivity index (χ0v) is 8.69. The molecule has 0 unspecified atom stereocenters. The molecule has 3 nitrogen and oxygen atoms in total. The van der Waals surface area contributed by atoms with E-state index in [9.17, 15) is 31.1 Å². The van der Waals surface area contributed by atoms with Crippen molar-refractivity contribution in [2.45, 2.75) is 12.6 Å². The first-order chi connectivity index (χ1) is 8.20. The van der Waals surface area contributed by atoms with Gasteiger partial charge < -0.3 is 4.74 Å². The summed E-state index contributed by atoms with van der Waals surface area (Å²) in [7, 11) is 0.720. The Bertz CT molecular complexity index is 471. The second-order valence-corrected chi connectivity index (χ2v) is 3.04. The van der Waals surface area contributed by atoms with E-state index in [4.69, 9.17) is 0 Å². The van der Waals surface area contributed by atoms with E-state index in [0.717, 1.165) is 7.11 Å². The SMILES string of the molecule is COC(=O)c1c(F)ncc(C(F)(F)F)c1C(F)F. The van der Waals surface area contributed by atoms with Crippen LogP contribution in [0.3, 0.4) is 0 Å². The molecule has 18 heavy (non-hydrogen) atoms.